The Kier molecular flexibility index (Phi) is 2.07. The first kappa shape index (κ1) is 9.27. The fourth-order valence-electron chi connectivity index (χ4n) is 2.05. The zero-order valence-corrected chi connectivity index (χ0v) is 8.10. The molecule has 0 aliphatic carbocycles. The summed E-state index contributed by atoms with van der Waals surface area (Å²) in [4.78, 5) is 11.5. The van der Waals surface area contributed by atoms with Crippen LogP contribution >= 0.6 is 0 Å². The monoisotopic (exact) mass is 194 g/mol. The summed E-state index contributed by atoms with van der Waals surface area (Å²) in [5.41, 5.74) is -0.602. The lowest BCUT2D eigenvalue weighted by Gasteiger charge is -2.38. The van der Waals surface area contributed by atoms with E-state index in [1.807, 2.05) is 19.1 Å². The summed E-state index contributed by atoms with van der Waals surface area (Å²) in [6.07, 6.45) is 7.81. The molecule has 2 aliphatic heterocycles. The zero-order chi connectivity index (χ0) is 10.2. The molecule has 2 atom stereocenters. The highest BCUT2D eigenvalue weighted by molar-refractivity contribution is 5.82. The summed E-state index contributed by atoms with van der Waals surface area (Å²) in [5, 5.41) is 13.6. The quantitative estimate of drug-likeness (QED) is 0.644. The van der Waals surface area contributed by atoms with Crippen molar-refractivity contribution in [1.29, 1.82) is 0 Å². The number of amides is 1. The van der Waals surface area contributed by atoms with E-state index >= 15 is 0 Å². The van der Waals surface area contributed by atoms with Crippen molar-refractivity contribution in [3.63, 3.8) is 0 Å². The molecule has 14 heavy (non-hydrogen) atoms. The van der Waals surface area contributed by atoms with Crippen molar-refractivity contribution < 1.29 is 10.0 Å². The number of nitrogens with one attached hydrogen (secondary N) is 1. The van der Waals surface area contributed by atoms with Gasteiger partial charge in [0.15, 0.2) is 0 Å². The maximum absolute atomic E-state index is 11.5. The van der Waals surface area contributed by atoms with E-state index in [9.17, 15) is 10.0 Å². The van der Waals surface area contributed by atoms with Crippen LogP contribution in [0.4, 0.5) is 0 Å². The van der Waals surface area contributed by atoms with Gasteiger partial charge < -0.3 is 5.32 Å². The van der Waals surface area contributed by atoms with Crippen LogP contribution < -0.4 is 5.32 Å². The molecule has 2 N–H and O–H groups in total. The fourth-order valence-corrected chi connectivity index (χ4v) is 2.05. The third kappa shape index (κ3) is 1.23. The van der Waals surface area contributed by atoms with Crippen LogP contribution in [0.15, 0.2) is 24.4 Å². The van der Waals surface area contributed by atoms with Crippen molar-refractivity contribution in [2.45, 2.75) is 18.9 Å². The molecule has 0 bridgehead atoms. The van der Waals surface area contributed by atoms with Gasteiger partial charge in [0, 0.05) is 12.7 Å². The van der Waals surface area contributed by atoms with E-state index in [2.05, 4.69) is 5.32 Å². The van der Waals surface area contributed by atoms with Crippen molar-refractivity contribution in [2.24, 2.45) is 5.92 Å². The lowest BCUT2D eigenvalue weighted by molar-refractivity contribution is -0.145. The lowest BCUT2D eigenvalue weighted by atomic mass is 9.83. The van der Waals surface area contributed by atoms with E-state index in [1.165, 1.54) is 0 Å². The Bertz CT molecular complexity index is 311. The number of hydrogen-bond donors (Lipinski definition) is 2. The van der Waals surface area contributed by atoms with Crippen LogP contribution in [0.5, 0.6) is 0 Å². The Morgan fingerprint density at radius 1 is 1.64 bits per heavy atom. The molecule has 1 fully saturated rings. The number of allylic oxidation sites excluding steroid dienone is 2. The van der Waals surface area contributed by atoms with Crippen LogP contribution in [0.1, 0.15) is 13.3 Å². The average molecular weight is 194 g/mol. The first-order valence-corrected chi connectivity index (χ1v) is 4.76. The highest BCUT2D eigenvalue weighted by Gasteiger charge is 2.43. The largest absolute Gasteiger partial charge is 0.356 e. The maximum Gasteiger partial charge on any atom is 0.225 e. The summed E-state index contributed by atoms with van der Waals surface area (Å²) < 4.78 is 0. The summed E-state index contributed by atoms with van der Waals surface area (Å²) in [7, 11) is 0. The SMILES string of the molecule is C[C@]1([C@@H]2CCNC2=O)C=CC=CN1O. The molecule has 0 radical (unpaired) electrons. The van der Waals surface area contributed by atoms with Gasteiger partial charge in [0.05, 0.1) is 11.5 Å². The van der Waals surface area contributed by atoms with Crippen molar-refractivity contribution >= 4 is 5.91 Å². The number of carbonyl (C=O) groups is 1. The number of nitrogens with zero attached hydrogens (tertiary/aromatic N) is 1. The minimum atomic E-state index is -0.602. The molecule has 2 heterocycles. The number of rotatable bonds is 1. The predicted octanol–water partition coefficient (Wildman–Crippen LogP) is 0.656. The topological polar surface area (TPSA) is 52.6 Å². The second kappa shape index (κ2) is 3.13. The normalized spacial score (nSPS) is 36.3. The van der Waals surface area contributed by atoms with Gasteiger partial charge >= 0.3 is 0 Å². The summed E-state index contributed by atoms with van der Waals surface area (Å²) >= 11 is 0. The molecule has 4 heteroatoms. The van der Waals surface area contributed by atoms with E-state index in [1.54, 1.807) is 12.3 Å². The molecule has 2 rings (SSSR count). The maximum atomic E-state index is 11.5. The molecular formula is C10H14N2O2. The zero-order valence-electron chi connectivity index (χ0n) is 8.10. The van der Waals surface area contributed by atoms with Gasteiger partial charge in [-0.3, -0.25) is 15.1 Å². The molecule has 0 aromatic carbocycles. The number of carbonyl (C=O) groups excluding carboxylic acids is 1. The first-order chi connectivity index (χ1) is 6.64. The standard InChI is InChI=1S/C10H14N2O2/c1-10(5-2-3-7-12(10)14)8-4-6-11-9(8)13/h2-3,5,7-8,14H,4,6H2,1H3,(H,11,13)/t8-,10-/m1/s1. The van der Waals surface area contributed by atoms with Crippen LogP contribution in [0, 0.1) is 5.92 Å². The Balaban J connectivity index is 2.26. The van der Waals surface area contributed by atoms with E-state index < -0.39 is 5.54 Å². The van der Waals surface area contributed by atoms with Crippen LogP contribution in [-0.2, 0) is 4.79 Å². The van der Waals surface area contributed by atoms with Crippen LogP contribution in [0.3, 0.4) is 0 Å². The Hall–Kier alpha value is -1.29. The van der Waals surface area contributed by atoms with Gasteiger partial charge in [-0.05, 0) is 19.4 Å². The summed E-state index contributed by atoms with van der Waals surface area (Å²) in [6, 6.07) is 0. The van der Waals surface area contributed by atoms with Crippen LogP contribution in [0.2, 0.25) is 0 Å². The summed E-state index contributed by atoms with van der Waals surface area (Å²) in [5.74, 6) is -0.153. The summed E-state index contributed by atoms with van der Waals surface area (Å²) in [6.45, 7) is 2.56. The Morgan fingerprint density at radius 3 is 3.00 bits per heavy atom. The van der Waals surface area contributed by atoms with Crippen molar-refractivity contribution in [3.05, 3.63) is 24.4 Å². The second-order valence-corrected chi connectivity index (χ2v) is 3.90. The minimum Gasteiger partial charge on any atom is -0.356 e. The van der Waals surface area contributed by atoms with E-state index in [0.717, 1.165) is 11.5 Å². The van der Waals surface area contributed by atoms with Gasteiger partial charge in [0.2, 0.25) is 5.91 Å². The molecule has 0 unspecified atom stereocenters. The molecule has 0 saturated carbocycles. The van der Waals surface area contributed by atoms with Gasteiger partial charge in [-0.1, -0.05) is 12.2 Å². The van der Waals surface area contributed by atoms with Crippen molar-refractivity contribution in [2.75, 3.05) is 6.54 Å². The van der Waals surface area contributed by atoms with Crippen LogP contribution in [0.25, 0.3) is 0 Å². The minimum absolute atomic E-state index is 0.0199. The fraction of sp³-hybridized carbons (Fsp3) is 0.500. The molecule has 0 aromatic rings. The van der Waals surface area contributed by atoms with Crippen molar-refractivity contribution in [3.8, 4) is 0 Å². The molecular weight excluding hydrogens is 180 g/mol. The smallest absolute Gasteiger partial charge is 0.225 e. The molecule has 2 aliphatic rings. The van der Waals surface area contributed by atoms with Crippen molar-refractivity contribution in [1.82, 2.24) is 10.4 Å². The molecule has 76 valence electrons. The molecule has 1 saturated heterocycles. The number of hydroxylamine groups is 2. The van der Waals surface area contributed by atoms with E-state index in [4.69, 9.17) is 0 Å². The predicted molar refractivity (Wildman–Crippen MR) is 51.4 cm³/mol. The second-order valence-electron chi connectivity index (χ2n) is 3.90. The molecule has 1 amide bonds. The molecule has 0 aromatic heterocycles. The Labute approximate surface area is 82.9 Å². The van der Waals surface area contributed by atoms with Gasteiger partial charge in [-0.25, -0.2) is 0 Å². The molecule has 4 nitrogen and oxygen atoms in total. The average Bonchev–Trinajstić information content (AvgIpc) is 2.57. The van der Waals surface area contributed by atoms with Gasteiger partial charge in [0.25, 0.3) is 0 Å². The highest BCUT2D eigenvalue weighted by Crippen LogP contribution is 2.32. The van der Waals surface area contributed by atoms with Gasteiger partial charge in [-0.2, -0.15) is 0 Å². The van der Waals surface area contributed by atoms with Gasteiger partial charge in [0.1, 0.15) is 0 Å². The van der Waals surface area contributed by atoms with Gasteiger partial charge in [-0.15, -0.1) is 0 Å². The first-order valence-electron chi connectivity index (χ1n) is 4.76. The highest BCUT2D eigenvalue weighted by atomic mass is 16.5. The van der Waals surface area contributed by atoms with Crippen LogP contribution in [-0.4, -0.2) is 28.3 Å². The number of hydrogen-bond acceptors (Lipinski definition) is 3. The Morgan fingerprint density at radius 2 is 2.43 bits per heavy atom. The third-order valence-corrected chi connectivity index (χ3v) is 3.02. The van der Waals surface area contributed by atoms with E-state index in [-0.39, 0.29) is 11.8 Å². The third-order valence-electron chi connectivity index (χ3n) is 3.02. The van der Waals surface area contributed by atoms with E-state index in [0.29, 0.717) is 6.54 Å². The lowest BCUT2D eigenvalue weighted by Crippen LogP contribution is -2.49. The molecule has 0 spiro atoms.